The number of piperidine rings is 1. The number of ketones is 1. The topological polar surface area (TPSA) is 173 Å². The van der Waals surface area contributed by atoms with Crippen LogP contribution in [0, 0.1) is 0 Å². The number of nitrogens with one attached hydrogen (secondary N) is 2. The number of allylic oxidation sites excluding steroid dienone is 2. The Labute approximate surface area is 337 Å². The maximum atomic E-state index is 13.7. The van der Waals surface area contributed by atoms with Crippen LogP contribution in [0.2, 0.25) is 0 Å². The maximum Gasteiger partial charge on any atom is 0.307 e. The van der Waals surface area contributed by atoms with E-state index < -0.39 is 17.2 Å². The first-order chi connectivity index (χ1) is 27.3. The molecule has 3 aliphatic rings. The number of anilines is 2. The van der Waals surface area contributed by atoms with Gasteiger partial charge in [-0.25, -0.2) is 15.0 Å². The molecule has 1 fully saturated rings. The summed E-state index contributed by atoms with van der Waals surface area (Å²) in [5.41, 5.74) is 0.430. The number of rotatable bonds is 22. The number of hydrazone groups is 1. The average Bonchev–Trinajstić information content (AvgIpc) is 3.57. The average molecular weight is 794 g/mol. The number of aliphatic hydroxyl groups excluding tert-OH is 1. The third kappa shape index (κ3) is 12.7. The Morgan fingerprint density at radius 3 is 2.18 bits per heavy atom. The minimum absolute atomic E-state index is 0.00795. The van der Waals surface area contributed by atoms with Crippen molar-refractivity contribution >= 4 is 52.7 Å². The minimum atomic E-state index is -0.631. The molecular formula is C42H63N7O8. The number of hydrazine groups is 1. The lowest BCUT2D eigenvalue weighted by atomic mass is 9.80. The zero-order valence-electron chi connectivity index (χ0n) is 34.8. The first-order valence-electron chi connectivity index (χ1n) is 20.5. The lowest BCUT2D eigenvalue weighted by Gasteiger charge is -2.34. The molecule has 2 aliphatic heterocycles. The summed E-state index contributed by atoms with van der Waals surface area (Å²) in [6, 6.07) is 5.07. The molecular weight excluding hydrogens is 731 g/mol. The molecule has 0 unspecified atom stereocenters. The van der Waals surface area contributed by atoms with E-state index in [0.717, 1.165) is 51.6 Å². The largest absolute Gasteiger partial charge is 0.506 e. The van der Waals surface area contributed by atoms with Crippen molar-refractivity contribution in [3.05, 3.63) is 40.7 Å². The Balaban J connectivity index is 1.57. The summed E-state index contributed by atoms with van der Waals surface area (Å²) in [5, 5.41) is 27.0. The molecule has 3 N–H and O–H groups in total. The van der Waals surface area contributed by atoms with Crippen molar-refractivity contribution in [1.82, 2.24) is 20.3 Å². The molecule has 0 radical (unpaired) electrons. The Kier molecular flexibility index (Phi) is 17.2. The number of carbonyl (C=O) groups excluding carboxylic acids is 5. The number of hydrogen-bond acceptors (Lipinski definition) is 13. The molecule has 4 rings (SSSR count). The van der Waals surface area contributed by atoms with Crippen molar-refractivity contribution in [2.45, 2.75) is 104 Å². The van der Waals surface area contributed by atoms with E-state index in [1.807, 2.05) is 32.7 Å². The lowest BCUT2D eigenvalue weighted by Crippen LogP contribution is -2.44. The smallest absolute Gasteiger partial charge is 0.307 e. The van der Waals surface area contributed by atoms with E-state index in [0.29, 0.717) is 36.4 Å². The summed E-state index contributed by atoms with van der Waals surface area (Å²) >= 11 is 0. The van der Waals surface area contributed by atoms with Gasteiger partial charge in [-0.1, -0.05) is 39.0 Å². The predicted molar refractivity (Wildman–Crippen MR) is 220 cm³/mol. The molecule has 314 valence electrons. The highest BCUT2D eigenvalue weighted by Gasteiger charge is 2.43. The van der Waals surface area contributed by atoms with Crippen molar-refractivity contribution in [2.75, 3.05) is 76.8 Å². The minimum Gasteiger partial charge on any atom is -0.506 e. The summed E-state index contributed by atoms with van der Waals surface area (Å²) in [6.45, 7) is 11.2. The van der Waals surface area contributed by atoms with Gasteiger partial charge in [0.15, 0.2) is 0 Å². The zero-order chi connectivity index (χ0) is 41.5. The fourth-order valence-corrected chi connectivity index (χ4v) is 6.93. The summed E-state index contributed by atoms with van der Waals surface area (Å²) in [5.74, 6) is -2.31. The van der Waals surface area contributed by atoms with Crippen molar-refractivity contribution in [2.24, 2.45) is 5.10 Å². The first kappa shape index (κ1) is 45.1. The highest BCUT2D eigenvalue weighted by Crippen LogP contribution is 2.42. The molecule has 2 heterocycles. The number of benzene rings is 1. The number of amides is 2. The molecule has 1 aromatic carbocycles. The van der Waals surface area contributed by atoms with Crippen LogP contribution in [-0.2, 0) is 33.4 Å². The molecule has 0 spiro atoms. The zero-order valence-corrected chi connectivity index (χ0v) is 34.8. The molecule has 1 aliphatic carbocycles. The Morgan fingerprint density at radius 1 is 0.895 bits per heavy atom. The van der Waals surface area contributed by atoms with Gasteiger partial charge in [0, 0.05) is 50.9 Å². The van der Waals surface area contributed by atoms with Crippen LogP contribution in [0.5, 0.6) is 0 Å². The van der Waals surface area contributed by atoms with Gasteiger partial charge in [0.1, 0.15) is 19.0 Å². The van der Waals surface area contributed by atoms with Crippen LogP contribution in [0.15, 0.2) is 40.2 Å². The highest BCUT2D eigenvalue weighted by atomic mass is 16.5. The number of nitrogens with zero attached hydrogens (tertiary/aromatic N) is 5. The van der Waals surface area contributed by atoms with Gasteiger partial charge < -0.3 is 30.1 Å². The van der Waals surface area contributed by atoms with Crippen LogP contribution in [0.3, 0.4) is 0 Å². The van der Waals surface area contributed by atoms with Gasteiger partial charge in [-0.3, -0.25) is 24.0 Å². The summed E-state index contributed by atoms with van der Waals surface area (Å²) in [4.78, 5) is 67.2. The molecule has 15 heteroatoms. The number of esters is 2. The number of aliphatic hydroxyl groups is 1. The van der Waals surface area contributed by atoms with E-state index in [1.54, 1.807) is 25.2 Å². The predicted octanol–water partition coefficient (Wildman–Crippen LogP) is 4.99. The standard InChI is InChI=1S/C42H63N7O8/c1-7-8-9-10-12-15-34(50)45-33-28-30(16-17-31(33)37-39(53)38(40(37)54)32-29-44-49(41(32)55)42(2,3)4)47(24-26-56-35(51)18-20-43-5)25-27-57-36(52)19-23-46(6)48-21-13-11-14-22-48/h16-17,28-29,43,53H,7-15,18-27H2,1-6H3,(H,45,50). The molecule has 0 aromatic heterocycles. The van der Waals surface area contributed by atoms with Crippen LogP contribution in [0.25, 0.3) is 5.57 Å². The molecule has 0 saturated carbocycles. The number of Topliss-reactive ketones (excluding diaryl/α,β-unsaturated/α-hetero) is 1. The second kappa shape index (κ2) is 21.8. The van der Waals surface area contributed by atoms with E-state index in [2.05, 4.69) is 32.7 Å². The number of carbonyl (C=O) groups is 5. The Hall–Kier alpha value is -4.60. The van der Waals surface area contributed by atoms with Crippen molar-refractivity contribution in [3.63, 3.8) is 0 Å². The van der Waals surface area contributed by atoms with Gasteiger partial charge in [-0.2, -0.15) is 5.10 Å². The molecule has 2 amide bonds. The van der Waals surface area contributed by atoms with Crippen LogP contribution in [-0.4, -0.2) is 128 Å². The monoisotopic (exact) mass is 793 g/mol. The van der Waals surface area contributed by atoms with Gasteiger partial charge >= 0.3 is 11.9 Å². The van der Waals surface area contributed by atoms with E-state index in [4.69, 9.17) is 9.47 Å². The van der Waals surface area contributed by atoms with E-state index in [9.17, 15) is 29.1 Å². The molecule has 1 saturated heterocycles. The van der Waals surface area contributed by atoms with Gasteiger partial charge in [0.05, 0.1) is 60.1 Å². The molecule has 57 heavy (non-hydrogen) atoms. The number of ether oxygens (including phenoxy) is 2. The summed E-state index contributed by atoms with van der Waals surface area (Å²) in [7, 11) is 3.74. The van der Waals surface area contributed by atoms with Gasteiger partial charge in [-0.15, -0.1) is 0 Å². The van der Waals surface area contributed by atoms with Crippen molar-refractivity contribution < 1.29 is 38.6 Å². The van der Waals surface area contributed by atoms with Crippen LogP contribution in [0.4, 0.5) is 11.4 Å². The highest BCUT2D eigenvalue weighted by molar-refractivity contribution is 6.43. The molecule has 0 bridgehead atoms. The molecule has 0 atom stereocenters. The third-order valence-corrected chi connectivity index (χ3v) is 10.3. The molecule has 1 aromatic rings. The molecule has 15 nitrogen and oxygen atoms in total. The maximum absolute atomic E-state index is 13.7. The SMILES string of the molecule is CCCCCCCC(=O)Nc1cc(N(CCOC(=O)CCNC)CCOC(=O)CCN(C)N2CCCCC2)ccc1C1=C(O)C(=C2C=NN(C(C)(C)C)C2=O)C1=O. The normalized spacial score (nSPS) is 17.4. The number of hydrogen-bond donors (Lipinski definition) is 3. The van der Waals surface area contributed by atoms with Gasteiger partial charge in [0.2, 0.25) is 11.7 Å². The van der Waals surface area contributed by atoms with E-state index in [1.165, 1.54) is 17.6 Å². The summed E-state index contributed by atoms with van der Waals surface area (Å²) < 4.78 is 11.1. The van der Waals surface area contributed by atoms with Crippen LogP contribution in [0.1, 0.15) is 104 Å². The fourth-order valence-electron chi connectivity index (χ4n) is 6.93. The van der Waals surface area contributed by atoms with Gasteiger partial charge in [0.25, 0.3) is 5.91 Å². The Bertz CT molecular complexity index is 1690. The summed E-state index contributed by atoms with van der Waals surface area (Å²) in [6.07, 6.45) is 10.3. The second-order valence-electron chi connectivity index (χ2n) is 15.7. The van der Waals surface area contributed by atoms with Crippen molar-refractivity contribution in [1.29, 1.82) is 0 Å². The van der Waals surface area contributed by atoms with E-state index >= 15 is 0 Å². The van der Waals surface area contributed by atoms with Crippen LogP contribution >= 0.6 is 0 Å². The van der Waals surface area contributed by atoms with E-state index in [-0.39, 0.29) is 85.9 Å². The first-order valence-corrected chi connectivity index (χ1v) is 20.5. The third-order valence-electron chi connectivity index (χ3n) is 10.3. The van der Waals surface area contributed by atoms with Gasteiger partial charge in [-0.05, 0) is 65.3 Å². The Morgan fingerprint density at radius 2 is 1.56 bits per heavy atom. The van der Waals surface area contributed by atoms with Crippen molar-refractivity contribution in [3.8, 4) is 0 Å². The quantitative estimate of drug-likeness (QED) is 0.0818. The lowest BCUT2D eigenvalue weighted by molar-refractivity contribution is -0.145. The number of unbranched alkanes of at least 4 members (excludes halogenated alkanes) is 4. The van der Waals surface area contributed by atoms with Crippen LogP contribution < -0.4 is 15.5 Å². The second-order valence-corrected chi connectivity index (χ2v) is 15.7. The fraction of sp³-hybridized carbons (Fsp3) is 0.619.